The number of hydrogen-bond donors (Lipinski definition) is 3. The summed E-state index contributed by atoms with van der Waals surface area (Å²) in [6, 6.07) is 15.3. The van der Waals surface area contributed by atoms with Crippen molar-refractivity contribution in [3.8, 4) is 16.9 Å². The Morgan fingerprint density at radius 1 is 1.08 bits per heavy atom. The molecule has 3 N–H and O–H groups in total. The maximum absolute atomic E-state index is 12.1. The lowest BCUT2D eigenvalue weighted by molar-refractivity contribution is -0.140. The number of carbonyl (C=O) groups is 2. The van der Waals surface area contributed by atoms with E-state index in [1.165, 1.54) is 19.2 Å². The Morgan fingerprint density at radius 2 is 1.81 bits per heavy atom. The van der Waals surface area contributed by atoms with E-state index in [1.54, 1.807) is 0 Å². The molecule has 1 aromatic heterocycles. The van der Waals surface area contributed by atoms with E-state index >= 15 is 0 Å². The second-order valence-electron chi connectivity index (χ2n) is 6.10. The lowest BCUT2D eigenvalue weighted by Gasteiger charge is -2.10. The molecule has 0 aliphatic carbocycles. The molecule has 6 heteroatoms. The Bertz CT molecular complexity index is 984. The number of carboxylic acid groups (broad SMARTS) is 1. The van der Waals surface area contributed by atoms with Gasteiger partial charge in [0.05, 0.1) is 5.92 Å². The molecule has 3 aromatic rings. The summed E-state index contributed by atoms with van der Waals surface area (Å²) in [5.41, 5.74) is 1.42. The van der Waals surface area contributed by atoms with Crippen molar-refractivity contribution in [1.82, 2.24) is 10.3 Å². The van der Waals surface area contributed by atoms with Gasteiger partial charge in [-0.2, -0.15) is 0 Å². The molecule has 1 atom stereocenters. The molecule has 2 aromatic carbocycles. The van der Waals surface area contributed by atoms with E-state index in [2.05, 4.69) is 10.3 Å². The van der Waals surface area contributed by atoms with Gasteiger partial charge in [0.2, 0.25) is 0 Å². The van der Waals surface area contributed by atoms with Crippen molar-refractivity contribution in [1.29, 1.82) is 0 Å². The van der Waals surface area contributed by atoms with E-state index in [0.29, 0.717) is 5.56 Å². The highest BCUT2D eigenvalue weighted by Gasteiger charge is 2.17. The molecule has 1 heterocycles. The van der Waals surface area contributed by atoms with E-state index < -0.39 is 17.8 Å². The van der Waals surface area contributed by atoms with Crippen LogP contribution < -0.4 is 5.32 Å². The van der Waals surface area contributed by atoms with Gasteiger partial charge in [-0.1, -0.05) is 43.3 Å². The van der Waals surface area contributed by atoms with Gasteiger partial charge in [0.25, 0.3) is 5.91 Å². The molecule has 0 aliphatic rings. The highest BCUT2D eigenvalue weighted by molar-refractivity contribution is 5.96. The van der Waals surface area contributed by atoms with Crippen molar-refractivity contribution in [2.45, 2.75) is 6.92 Å². The van der Waals surface area contributed by atoms with Crippen molar-refractivity contribution in [3.63, 3.8) is 0 Å². The van der Waals surface area contributed by atoms with Crippen LogP contribution in [0.2, 0.25) is 0 Å². The first kappa shape index (κ1) is 17.4. The summed E-state index contributed by atoms with van der Waals surface area (Å²) < 4.78 is 0. The number of pyridine rings is 1. The van der Waals surface area contributed by atoms with Gasteiger partial charge in [0, 0.05) is 18.3 Å². The largest absolute Gasteiger partial charge is 0.505 e. The highest BCUT2D eigenvalue weighted by atomic mass is 16.4. The third kappa shape index (κ3) is 3.64. The minimum atomic E-state index is -1.01. The number of aliphatic carboxylic acids is 1. The maximum atomic E-state index is 12.1. The maximum Gasteiger partial charge on any atom is 0.308 e. The average Bonchev–Trinajstić information content (AvgIpc) is 2.65. The second kappa shape index (κ2) is 7.23. The Balaban J connectivity index is 1.82. The number of hydrogen-bond acceptors (Lipinski definition) is 4. The van der Waals surface area contributed by atoms with Gasteiger partial charge in [-0.05, 0) is 28.5 Å². The van der Waals surface area contributed by atoms with Crippen LogP contribution in [0, 0.1) is 5.92 Å². The topological polar surface area (TPSA) is 99.5 Å². The number of fused-ring (bicyclic) bond motifs is 1. The predicted molar refractivity (Wildman–Crippen MR) is 98.0 cm³/mol. The number of rotatable bonds is 5. The van der Waals surface area contributed by atoms with Crippen LogP contribution in [0.15, 0.2) is 54.7 Å². The van der Waals surface area contributed by atoms with Crippen LogP contribution in [-0.4, -0.2) is 33.6 Å². The summed E-state index contributed by atoms with van der Waals surface area (Å²) in [6.45, 7) is 1.44. The number of aromatic nitrogens is 1. The average molecular weight is 350 g/mol. The van der Waals surface area contributed by atoms with Gasteiger partial charge >= 0.3 is 5.97 Å². The van der Waals surface area contributed by atoms with Gasteiger partial charge in [0.1, 0.15) is 5.75 Å². The Hall–Kier alpha value is -3.41. The van der Waals surface area contributed by atoms with Gasteiger partial charge in [-0.25, -0.2) is 4.98 Å². The molecule has 0 saturated heterocycles. The van der Waals surface area contributed by atoms with Crippen LogP contribution in [0.4, 0.5) is 0 Å². The lowest BCUT2D eigenvalue weighted by Crippen LogP contribution is -2.32. The minimum absolute atomic E-state index is 0.0400. The molecule has 1 amide bonds. The molecule has 0 spiro atoms. The summed E-state index contributed by atoms with van der Waals surface area (Å²) in [4.78, 5) is 26.9. The van der Waals surface area contributed by atoms with Crippen LogP contribution in [0.1, 0.15) is 17.4 Å². The number of benzene rings is 2. The number of carbonyl (C=O) groups excluding carboxylic acids is 1. The highest BCUT2D eigenvalue weighted by Crippen LogP contribution is 2.27. The van der Waals surface area contributed by atoms with Crippen LogP contribution in [0.25, 0.3) is 21.9 Å². The molecule has 0 fully saturated rings. The summed E-state index contributed by atoms with van der Waals surface area (Å²) in [7, 11) is 0. The Kier molecular flexibility index (Phi) is 4.84. The molecule has 6 nitrogen and oxygen atoms in total. The normalized spacial score (nSPS) is 11.9. The fourth-order valence-corrected chi connectivity index (χ4v) is 2.57. The summed E-state index contributed by atoms with van der Waals surface area (Å²) in [5.74, 6) is -2.59. The van der Waals surface area contributed by atoms with Gasteiger partial charge in [0.15, 0.2) is 5.69 Å². The van der Waals surface area contributed by atoms with Crippen LogP contribution in [0.5, 0.6) is 5.75 Å². The number of carboxylic acids is 1. The minimum Gasteiger partial charge on any atom is -0.505 e. The lowest BCUT2D eigenvalue weighted by atomic mass is 10.0. The zero-order valence-corrected chi connectivity index (χ0v) is 14.1. The Morgan fingerprint density at radius 3 is 2.50 bits per heavy atom. The van der Waals surface area contributed by atoms with Gasteiger partial charge in [-0.3, -0.25) is 9.59 Å². The summed E-state index contributed by atoms with van der Waals surface area (Å²) in [5, 5.41) is 23.6. The van der Waals surface area contributed by atoms with Crippen molar-refractivity contribution in [2.24, 2.45) is 5.92 Å². The van der Waals surface area contributed by atoms with Gasteiger partial charge in [-0.15, -0.1) is 0 Å². The smallest absolute Gasteiger partial charge is 0.308 e. The second-order valence-corrected chi connectivity index (χ2v) is 6.10. The van der Waals surface area contributed by atoms with Gasteiger partial charge < -0.3 is 15.5 Å². The van der Waals surface area contributed by atoms with Crippen LogP contribution >= 0.6 is 0 Å². The van der Waals surface area contributed by atoms with Crippen molar-refractivity contribution < 1.29 is 19.8 Å². The van der Waals surface area contributed by atoms with Crippen LogP contribution in [-0.2, 0) is 4.79 Å². The quantitative estimate of drug-likeness (QED) is 0.657. The van der Waals surface area contributed by atoms with E-state index in [-0.39, 0.29) is 18.0 Å². The zero-order chi connectivity index (χ0) is 18.7. The molecule has 1 unspecified atom stereocenters. The predicted octanol–water partition coefficient (Wildman–Crippen LogP) is 3.06. The molecule has 3 rings (SSSR count). The Labute approximate surface area is 150 Å². The van der Waals surface area contributed by atoms with E-state index in [9.17, 15) is 14.7 Å². The molecule has 0 radical (unpaired) electrons. The molecule has 26 heavy (non-hydrogen) atoms. The standard InChI is InChI=1S/C20H18N2O4/c1-12(20(25)26)10-22-19(24)18-17(23)9-16(11-21-18)15-7-6-13-4-2-3-5-14(13)8-15/h2-9,11-12,23H,10H2,1H3,(H,22,24)(H,25,26). The molecule has 0 saturated carbocycles. The molecule has 0 bridgehead atoms. The third-order valence-corrected chi connectivity index (χ3v) is 4.16. The number of aromatic hydroxyl groups is 1. The number of amides is 1. The molecule has 0 aliphatic heterocycles. The first-order valence-electron chi connectivity index (χ1n) is 8.15. The van der Waals surface area contributed by atoms with Crippen molar-refractivity contribution >= 4 is 22.6 Å². The van der Waals surface area contributed by atoms with E-state index in [1.807, 2.05) is 42.5 Å². The third-order valence-electron chi connectivity index (χ3n) is 4.16. The van der Waals surface area contributed by atoms with E-state index in [0.717, 1.165) is 16.3 Å². The monoisotopic (exact) mass is 350 g/mol. The number of nitrogens with one attached hydrogen (secondary N) is 1. The van der Waals surface area contributed by atoms with Crippen molar-refractivity contribution in [2.75, 3.05) is 6.54 Å². The fourth-order valence-electron chi connectivity index (χ4n) is 2.57. The summed E-state index contributed by atoms with van der Waals surface area (Å²) in [6.07, 6.45) is 1.51. The fraction of sp³-hybridized carbons (Fsp3) is 0.150. The first-order valence-corrected chi connectivity index (χ1v) is 8.15. The molecular formula is C20H18N2O4. The van der Waals surface area contributed by atoms with Crippen molar-refractivity contribution in [3.05, 3.63) is 60.4 Å². The van der Waals surface area contributed by atoms with E-state index in [4.69, 9.17) is 5.11 Å². The molecular weight excluding hydrogens is 332 g/mol. The van der Waals surface area contributed by atoms with Crippen LogP contribution in [0.3, 0.4) is 0 Å². The SMILES string of the molecule is CC(CNC(=O)c1ncc(-c2ccc3ccccc3c2)cc1O)C(=O)O. The molecule has 132 valence electrons. The summed E-state index contributed by atoms with van der Waals surface area (Å²) >= 11 is 0. The number of nitrogens with zero attached hydrogens (tertiary/aromatic N) is 1. The zero-order valence-electron chi connectivity index (χ0n) is 14.1. The first-order chi connectivity index (χ1) is 12.5.